The van der Waals surface area contributed by atoms with Gasteiger partial charge in [-0.3, -0.25) is 10.1 Å². The minimum Gasteiger partial charge on any atom is -0.312 e. The van der Waals surface area contributed by atoms with E-state index in [4.69, 9.17) is 0 Å². The number of nitrogens with zero attached hydrogens (tertiary/aromatic N) is 1. The van der Waals surface area contributed by atoms with E-state index < -0.39 is 5.54 Å². The summed E-state index contributed by atoms with van der Waals surface area (Å²) in [4.78, 5) is 25.1. The molecule has 5 heteroatoms. The Hall–Kier alpha value is -1.11. The van der Waals surface area contributed by atoms with Crippen LogP contribution in [0.15, 0.2) is 18.2 Å². The number of carbonyl (C=O) groups is 2. The van der Waals surface area contributed by atoms with Gasteiger partial charge in [-0.25, -0.2) is 4.79 Å². The van der Waals surface area contributed by atoms with Crippen LogP contribution in [0.2, 0.25) is 0 Å². The minimum absolute atomic E-state index is 0.170. The maximum atomic E-state index is 12.0. The Morgan fingerprint density at radius 2 is 2.00 bits per heavy atom. The summed E-state index contributed by atoms with van der Waals surface area (Å²) in [6.07, 6.45) is 1.24. The number of hydrogen-bond acceptors (Lipinski definition) is 2. The number of fused-ring (bicyclic) bond motifs is 1. The number of likely N-dealkylation sites (N-methyl/N-ethyl adjacent to an activating group) is 1. The van der Waals surface area contributed by atoms with Gasteiger partial charge >= 0.3 is 6.03 Å². The summed E-state index contributed by atoms with van der Waals surface area (Å²) in [5, 5.41) is 2.39. The van der Waals surface area contributed by atoms with E-state index in [1.54, 1.807) is 11.9 Å². The van der Waals surface area contributed by atoms with Crippen LogP contribution in [0.1, 0.15) is 11.1 Å². The lowest BCUT2D eigenvalue weighted by Gasteiger charge is -2.27. The molecule has 4 nitrogen and oxygen atoms in total. The largest absolute Gasteiger partial charge is 0.324 e. The third-order valence-corrected chi connectivity index (χ3v) is 4.39. The highest BCUT2D eigenvalue weighted by Gasteiger charge is 2.54. The Balaban J connectivity index is 2.05. The second-order valence-corrected chi connectivity index (χ2v) is 5.86. The first-order valence-electron chi connectivity index (χ1n) is 5.39. The molecule has 1 aromatic carbocycles. The predicted molar refractivity (Wildman–Crippen MR) is 70.6 cm³/mol. The van der Waals surface area contributed by atoms with Gasteiger partial charge in [0, 0.05) is 23.5 Å². The monoisotopic (exact) mass is 342 g/mol. The molecule has 1 aromatic rings. The van der Waals surface area contributed by atoms with Gasteiger partial charge < -0.3 is 4.90 Å². The lowest BCUT2D eigenvalue weighted by Crippen LogP contribution is -2.48. The van der Waals surface area contributed by atoms with Crippen LogP contribution in [0, 0.1) is 3.57 Å². The van der Waals surface area contributed by atoms with Crippen molar-refractivity contribution in [1.82, 2.24) is 10.2 Å². The molecule has 1 unspecified atom stereocenters. The Morgan fingerprint density at radius 3 is 2.65 bits per heavy atom. The molecule has 1 fully saturated rings. The third-order valence-electron chi connectivity index (χ3n) is 3.72. The summed E-state index contributed by atoms with van der Waals surface area (Å²) in [6, 6.07) is 5.88. The van der Waals surface area contributed by atoms with Gasteiger partial charge in [-0.05, 0) is 45.9 Å². The van der Waals surface area contributed by atoms with E-state index >= 15 is 0 Å². The van der Waals surface area contributed by atoms with Gasteiger partial charge in [-0.15, -0.1) is 0 Å². The van der Waals surface area contributed by atoms with Crippen molar-refractivity contribution in [2.45, 2.75) is 18.4 Å². The van der Waals surface area contributed by atoms with Crippen molar-refractivity contribution < 1.29 is 9.59 Å². The topological polar surface area (TPSA) is 49.4 Å². The molecule has 1 saturated heterocycles. The first kappa shape index (κ1) is 11.0. The lowest BCUT2D eigenvalue weighted by molar-refractivity contribution is -0.125. The zero-order valence-electron chi connectivity index (χ0n) is 9.29. The van der Waals surface area contributed by atoms with E-state index in [0.717, 1.165) is 3.57 Å². The van der Waals surface area contributed by atoms with Gasteiger partial charge in [0.05, 0.1) is 0 Å². The third kappa shape index (κ3) is 1.41. The first-order valence-corrected chi connectivity index (χ1v) is 6.47. The number of hydrogen-bond donors (Lipinski definition) is 1. The second kappa shape index (κ2) is 3.44. The molecule has 1 aliphatic carbocycles. The normalized spacial score (nSPS) is 26.6. The van der Waals surface area contributed by atoms with E-state index in [1.165, 1.54) is 11.1 Å². The minimum atomic E-state index is -0.691. The fourth-order valence-electron chi connectivity index (χ4n) is 2.67. The quantitative estimate of drug-likeness (QED) is 0.571. The number of benzene rings is 1. The molecule has 0 bridgehead atoms. The van der Waals surface area contributed by atoms with Crippen molar-refractivity contribution in [3.63, 3.8) is 0 Å². The molecular formula is C12H11IN2O2. The van der Waals surface area contributed by atoms with Crippen molar-refractivity contribution in [3.8, 4) is 0 Å². The molecule has 17 heavy (non-hydrogen) atoms. The van der Waals surface area contributed by atoms with Crippen LogP contribution < -0.4 is 5.32 Å². The molecule has 1 N–H and O–H groups in total. The number of imide groups is 1. The van der Waals surface area contributed by atoms with E-state index in [9.17, 15) is 9.59 Å². The average Bonchev–Trinajstić information content (AvgIpc) is 2.74. The maximum Gasteiger partial charge on any atom is 0.324 e. The van der Waals surface area contributed by atoms with Crippen molar-refractivity contribution in [2.75, 3.05) is 7.05 Å². The number of urea groups is 1. The van der Waals surface area contributed by atoms with Crippen LogP contribution in [-0.2, 0) is 17.6 Å². The Labute approximate surface area is 113 Å². The van der Waals surface area contributed by atoms with Gasteiger partial charge in [0.25, 0.3) is 5.91 Å². The summed E-state index contributed by atoms with van der Waals surface area (Å²) in [5.74, 6) is -0.170. The van der Waals surface area contributed by atoms with Gasteiger partial charge in [-0.2, -0.15) is 0 Å². The summed E-state index contributed by atoms with van der Waals surface area (Å²) >= 11 is 2.26. The molecule has 2 aliphatic rings. The predicted octanol–water partition coefficient (Wildman–Crippen LogP) is 1.31. The summed E-state index contributed by atoms with van der Waals surface area (Å²) in [7, 11) is 1.69. The molecule has 1 atom stereocenters. The standard InChI is InChI=1S/C12H11IN2O2/c1-15-11(17)14-10(16)12(15)5-7-2-3-9(13)4-8(7)6-12/h2-4H,5-6H2,1H3,(H,14,16,17). The first-order chi connectivity index (χ1) is 8.03. The van der Waals surface area contributed by atoms with Crippen molar-refractivity contribution in [2.24, 2.45) is 0 Å². The molecule has 3 rings (SSSR count). The number of halogens is 1. The molecule has 1 aliphatic heterocycles. The molecule has 0 saturated carbocycles. The van der Waals surface area contributed by atoms with Gasteiger partial charge in [0.15, 0.2) is 0 Å². The van der Waals surface area contributed by atoms with E-state index in [2.05, 4.69) is 40.0 Å². The van der Waals surface area contributed by atoms with E-state index in [0.29, 0.717) is 12.8 Å². The van der Waals surface area contributed by atoms with Crippen LogP contribution >= 0.6 is 22.6 Å². The van der Waals surface area contributed by atoms with Gasteiger partial charge in [-0.1, -0.05) is 6.07 Å². The fourth-order valence-corrected chi connectivity index (χ4v) is 3.22. The van der Waals surface area contributed by atoms with E-state index in [-0.39, 0.29) is 11.9 Å². The summed E-state index contributed by atoms with van der Waals surface area (Å²) < 4.78 is 1.16. The Morgan fingerprint density at radius 1 is 1.29 bits per heavy atom. The maximum absolute atomic E-state index is 12.0. The Kier molecular flexibility index (Phi) is 2.23. The molecule has 3 amide bonds. The van der Waals surface area contributed by atoms with E-state index in [1.807, 2.05) is 6.07 Å². The zero-order chi connectivity index (χ0) is 12.2. The number of carbonyl (C=O) groups excluding carboxylic acids is 2. The van der Waals surface area contributed by atoms with Crippen LogP contribution in [0.4, 0.5) is 4.79 Å². The highest BCUT2D eigenvalue weighted by atomic mass is 127. The van der Waals surface area contributed by atoms with Crippen LogP contribution in [0.25, 0.3) is 0 Å². The molecule has 88 valence electrons. The van der Waals surface area contributed by atoms with Crippen LogP contribution in [0.3, 0.4) is 0 Å². The fraction of sp³-hybridized carbons (Fsp3) is 0.333. The van der Waals surface area contributed by atoms with Crippen molar-refractivity contribution in [3.05, 3.63) is 32.9 Å². The molecule has 0 radical (unpaired) electrons. The van der Waals surface area contributed by atoms with Gasteiger partial charge in [0.2, 0.25) is 0 Å². The van der Waals surface area contributed by atoms with Crippen LogP contribution in [-0.4, -0.2) is 29.4 Å². The SMILES string of the molecule is CN1C(=O)NC(=O)C12Cc1ccc(I)cc1C2. The molecular weight excluding hydrogens is 331 g/mol. The smallest absolute Gasteiger partial charge is 0.312 e. The molecule has 0 aromatic heterocycles. The average molecular weight is 342 g/mol. The van der Waals surface area contributed by atoms with Crippen LogP contribution in [0.5, 0.6) is 0 Å². The van der Waals surface area contributed by atoms with Gasteiger partial charge in [0.1, 0.15) is 5.54 Å². The second-order valence-electron chi connectivity index (χ2n) is 4.62. The highest BCUT2D eigenvalue weighted by molar-refractivity contribution is 14.1. The Bertz CT molecular complexity index is 543. The lowest BCUT2D eigenvalue weighted by atomic mass is 9.95. The zero-order valence-corrected chi connectivity index (χ0v) is 11.4. The van der Waals surface area contributed by atoms with Crippen molar-refractivity contribution in [1.29, 1.82) is 0 Å². The number of rotatable bonds is 0. The number of nitrogens with one attached hydrogen (secondary N) is 1. The summed E-state index contributed by atoms with van der Waals surface area (Å²) in [6.45, 7) is 0. The van der Waals surface area contributed by atoms with Crippen molar-refractivity contribution >= 4 is 34.5 Å². The highest BCUT2D eigenvalue weighted by Crippen LogP contribution is 2.37. The molecule has 1 spiro atoms. The molecule has 1 heterocycles. The number of amides is 3. The summed E-state index contributed by atoms with van der Waals surface area (Å²) in [5.41, 5.74) is 1.65.